The van der Waals surface area contributed by atoms with E-state index in [1.165, 1.54) is 7.11 Å². The molecule has 0 bridgehead atoms. The Morgan fingerprint density at radius 2 is 2.05 bits per heavy atom. The number of hydrogen-bond donors (Lipinski definition) is 1. The Bertz CT molecular complexity index is 572. The zero-order chi connectivity index (χ0) is 14.4. The quantitative estimate of drug-likeness (QED) is 0.840. The van der Waals surface area contributed by atoms with Gasteiger partial charge in [-0.1, -0.05) is 30.3 Å². The van der Waals surface area contributed by atoms with Crippen molar-refractivity contribution in [2.45, 2.75) is 19.5 Å². The fourth-order valence-electron chi connectivity index (χ4n) is 1.91. The fourth-order valence-corrected chi connectivity index (χ4v) is 1.91. The Labute approximate surface area is 118 Å². The lowest BCUT2D eigenvalue weighted by Gasteiger charge is -2.16. The van der Waals surface area contributed by atoms with Crippen molar-refractivity contribution in [2.75, 3.05) is 7.11 Å². The van der Waals surface area contributed by atoms with Gasteiger partial charge in [-0.15, -0.1) is 0 Å². The first-order valence-electron chi connectivity index (χ1n) is 6.35. The molecule has 0 saturated carbocycles. The highest BCUT2D eigenvalue weighted by Crippen LogP contribution is 2.14. The third kappa shape index (κ3) is 3.61. The summed E-state index contributed by atoms with van der Waals surface area (Å²) in [4.78, 5) is 20.2. The van der Waals surface area contributed by atoms with Crippen molar-refractivity contribution in [2.24, 2.45) is 0 Å². The van der Waals surface area contributed by atoms with Crippen LogP contribution in [0.25, 0.3) is 0 Å². The van der Waals surface area contributed by atoms with Crippen molar-refractivity contribution in [1.29, 1.82) is 0 Å². The van der Waals surface area contributed by atoms with Crippen LogP contribution in [0.4, 0.5) is 0 Å². The molecule has 1 N–H and O–H groups in total. The number of methoxy groups -OCH3 is 1. The van der Waals surface area contributed by atoms with Gasteiger partial charge in [-0.05, 0) is 18.6 Å². The van der Waals surface area contributed by atoms with Gasteiger partial charge in [0, 0.05) is 12.7 Å². The minimum absolute atomic E-state index is 0.318. The fraction of sp³-hybridized carbons (Fsp3) is 0.267. The van der Waals surface area contributed by atoms with Gasteiger partial charge in [0.05, 0.1) is 12.8 Å². The van der Waals surface area contributed by atoms with Gasteiger partial charge in [0.15, 0.2) is 0 Å². The van der Waals surface area contributed by atoms with E-state index in [2.05, 4.69) is 15.3 Å². The summed E-state index contributed by atoms with van der Waals surface area (Å²) < 4.78 is 4.84. The number of nitrogens with one attached hydrogen (secondary N) is 1. The molecule has 1 aromatic carbocycles. The lowest BCUT2D eigenvalue weighted by molar-refractivity contribution is -0.143. The summed E-state index contributed by atoms with van der Waals surface area (Å²) in [6, 6.07) is 10.8. The summed E-state index contributed by atoms with van der Waals surface area (Å²) in [6.45, 7) is 2.30. The lowest BCUT2D eigenvalue weighted by Crippen LogP contribution is -2.29. The van der Waals surface area contributed by atoms with Crippen LogP contribution >= 0.6 is 0 Å². The first-order valence-corrected chi connectivity index (χ1v) is 6.35. The second kappa shape index (κ2) is 6.77. The number of ether oxygens (including phenoxy) is 1. The van der Waals surface area contributed by atoms with E-state index < -0.39 is 6.04 Å². The number of aromatic nitrogens is 2. The van der Waals surface area contributed by atoms with E-state index in [1.807, 2.05) is 43.3 Å². The maximum Gasteiger partial charge on any atom is 0.327 e. The first kappa shape index (κ1) is 14.1. The molecule has 0 aliphatic rings. The molecule has 5 heteroatoms. The Kier molecular flexibility index (Phi) is 4.79. The van der Waals surface area contributed by atoms with E-state index in [1.54, 1.807) is 6.20 Å². The van der Waals surface area contributed by atoms with Crippen LogP contribution in [0.1, 0.15) is 23.1 Å². The number of carbonyl (C=O) groups excluding carboxylic acids is 1. The lowest BCUT2D eigenvalue weighted by atomic mass is 10.1. The predicted molar refractivity (Wildman–Crippen MR) is 74.8 cm³/mol. The Hall–Kier alpha value is -2.27. The van der Waals surface area contributed by atoms with Crippen LogP contribution in [0.3, 0.4) is 0 Å². The summed E-state index contributed by atoms with van der Waals surface area (Å²) in [5, 5.41) is 3.17. The van der Waals surface area contributed by atoms with Crippen molar-refractivity contribution in [3.8, 4) is 0 Å². The SMILES string of the molecule is COC(=O)C(NCc1ccnc(C)n1)c1ccccc1. The Morgan fingerprint density at radius 3 is 2.70 bits per heavy atom. The van der Waals surface area contributed by atoms with E-state index in [0.717, 1.165) is 11.3 Å². The standard InChI is InChI=1S/C15H17N3O2/c1-11-16-9-8-13(18-11)10-17-14(15(19)20-2)12-6-4-3-5-7-12/h3-9,14,17H,10H2,1-2H3. The van der Waals surface area contributed by atoms with Gasteiger partial charge in [0.2, 0.25) is 0 Å². The van der Waals surface area contributed by atoms with Crippen LogP contribution in [0, 0.1) is 6.92 Å². The third-order valence-corrected chi connectivity index (χ3v) is 2.89. The smallest absolute Gasteiger partial charge is 0.327 e. The highest BCUT2D eigenvalue weighted by Gasteiger charge is 2.20. The van der Waals surface area contributed by atoms with Crippen LogP contribution < -0.4 is 5.32 Å². The summed E-state index contributed by atoms with van der Waals surface area (Å²) in [6.07, 6.45) is 1.70. The zero-order valence-corrected chi connectivity index (χ0v) is 11.5. The summed E-state index contributed by atoms with van der Waals surface area (Å²) in [5.74, 6) is 0.389. The van der Waals surface area contributed by atoms with Crippen LogP contribution in [-0.4, -0.2) is 23.0 Å². The number of rotatable bonds is 5. The molecule has 0 saturated heterocycles. The van der Waals surface area contributed by atoms with Crippen molar-refractivity contribution < 1.29 is 9.53 Å². The molecule has 0 aliphatic carbocycles. The molecule has 0 spiro atoms. The average Bonchev–Trinajstić information content (AvgIpc) is 2.48. The molecular formula is C15H17N3O2. The van der Waals surface area contributed by atoms with Crippen LogP contribution in [0.15, 0.2) is 42.6 Å². The highest BCUT2D eigenvalue weighted by atomic mass is 16.5. The number of hydrogen-bond acceptors (Lipinski definition) is 5. The van der Waals surface area contributed by atoms with Gasteiger partial charge >= 0.3 is 5.97 Å². The molecule has 20 heavy (non-hydrogen) atoms. The van der Waals surface area contributed by atoms with E-state index in [-0.39, 0.29) is 5.97 Å². The molecule has 1 unspecified atom stereocenters. The number of benzene rings is 1. The monoisotopic (exact) mass is 271 g/mol. The predicted octanol–water partition coefficient (Wildman–Crippen LogP) is 1.79. The minimum Gasteiger partial charge on any atom is -0.468 e. The Morgan fingerprint density at radius 1 is 1.30 bits per heavy atom. The van der Waals surface area contributed by atoms with E-state index in [9.17, 15) is 4.79 Å². The number of esters is 1. The number of carbonyl (C=O) groups is 1. The molecule has 104 valence electrons. The van der Waals surface area contributed by atoms with Crippen LogP contribution in [0.2, 0.25) is 0 Å². The van der Waals surface area contributed by atoms with Gasteiger partial charge in [0.25, 0.3) is 0 Å². The molecule has 1 heterocycles. The van der Waals surface area contributed by atoms with Gasteiger partial charge < -0.3 is 4.74 Å². The molecule has 0 fully saturated rings. The molecule has 1 atom stereocenters. The number of nitrogens with zero attached hydrogens (tertiary/aromatic N) is 2. The molecule has 1 aromatic heterocycles. The molecule has 2 rings (SSSR count). The van der Waals surface area contributed by atoms with Gasteiger partial charge in [-0.2, -0.15) is 0 Å². The van der Waals surface area contributed by atoms with Crippen molar-refractivity contribution in [1.82, 2.24) is 15.3 Å². The molecule has 0 amide bonds. The molecule has 5 nitrogen and oxygen atoms in total. The van der Waals surface area contributed by atoms with Crippen LogP contribution in [-0.2, 0) is 16.1 Å². The third-order valence-electron chi connectivity index (χ3n) is 2.89. The highest BCUT2D eigenvalue weighted by molar-refractivity contribution is 5.77. The summed E-state index contributed by atoms with van der Waals surface area (Å²) >= 11 is 0. The first-order chi connectivity index (χ1) is 9.70. The van der Waals surface area contributed by atoms with Crippen molar-refractivity contribution in [3.63, 3.8) is 0 Å². The summed E-state index contributed by atoms with van der Waals surface area (Å²) in [7, 11) is 1.38. The second-order valence-electron chi connectivity index (χ2n) is 4.34. The zero-order valence-electron chi connectivity index (χ0n) is 11.5. The maximum atomic E-state index is 11.9. The second-order valence-corrected chi connectivity index (χ2v) is 4.34. The van der Waals surface area contributed by atoms with E-state index in [0.29, 0.717) is 12.4 Å². The van der Waals surface area contributed by atoms with Gasteiger partial charge in [-0.3, -0.25) is 5.32 Å². The summed E-state index contributed by atoms with van der Waals surface area (Å²) in [5.41, 5.74) is 1.70. The minimum atomic E-state index is -0.503. The molecule has 2 aromatic rings. The van der Waals surface area contributed by atoms with E-state index >= 15 is 0 Å². The maximum absolute atomic E-state index is 11.9. The van der Waals surface area contributed by atoms with Crippen molar-refractivity contribution in [3.05, 3.63) is 59.7 Å². The van der Waals surface area contributed by atoms with Gasteiger partial charge in [-0.25, -0.2) is 14.8 Å². The Balaban J connectivity index is 2.11. The molecular weight excluding hydrogens is 254 g/mol. The van der Waals surface area contributed by atoms with E-state index in [4.69, 9.17) is 4.74 Å². The normalized spacial score (nSPS) is 11.9. The number of aryl methyl sites for hydroxylation is 1. The van der Waals surface area contributed by atoms with Gasteiger partial charge in [0.1, 0.15) is 11.9 Å². The van der Waals surface area contributed by atoms with Crippen LogP contribution in [0.5, 0.6) is 0 Å². The average molecular weight is 271 g/mol. The molecule has 0 radical (unpaired) electrons. The van der Waals surface area contributed by atoms with Crippen molar-refractivity contribution >= 4 is 5.97 Å². The topological polar surface area (TPSA) is 64.1 Å². The largest absolute Gasteiger partial charge is 0.468 e. The molecule has 0 aliphatic heterocycles.